The first kappa shape index (κ1) is 10.3. The first-order valence-electron chi connectivity index (χ1n) is 5.89. The van der Waals surface area contributed by atoms with Gasteiger partial charge in [0.2, 0.25) is 0 Å². The van der Waals surface area contributed by atoms with Crippen molar-refractivity contribution in [3.63, 3.8) is 0 Å². The highest BCUT2D eigenvalue weighted by molar-refractivity contribution is 6.11. The number of aromatic nitrogens is 1. The molecule has 1 aromatic carbocycles. The first-order valence-corrected chi connectivity index (χ1v) is 5.89. The number of fused-ring (bicyclic) bond motifs is 1. The van der Waals surface area contributed by atoms with Crippen molar-refractivity contribution >= 4 is 22.5 Å². The zero-order chi connectivity index (χ0) is 11.8. The molecule has 0 atom stereocenters. The monoisotopic (exact) mass is 227 g/mol. The zero-order valence-electron chi connectivity index (χ0n) is 9.40. The minimum atomic E-state index is -0.542. The Morgan fingerprint density at radius 2 is 1.76 bits per heavy atom. The largest absolute Gasteiger partial charge is 0.361 e. The Kier molecular flexibility index (Phi) is 2.32. The van der Waals surface area contributed by atoms with Crippen LogP contribution < -0.4 is 0 Å². The molecule has 0 saturated heterocycles. The van der Waals surface area contributed by atoms with Crippen LogP contribution in [0.1, 0.15) is 30.7 Å². The molecule has 0 unspecified atom stereocenters. The van der Waals surface area contributed by atoms with Crippen LogP contribution in [0.3, 0.4) is 0 Å². The lowest BCUT2D eigenvalue weighted by Crippen LogP contribution is -2.26. The third-order valence-electron chi connectivity index (χ3n) is 3.42. The minimum absolute atomic E-state index is 0.0611. The summed E-state index contributed by atoms with van der Waals surface area (Å²) >= 11 is 0. The molecular weight excluding hydrogens is 214 g/mol. The molecule has 0 spiro atoms. The Labute approximate surface area is 98.8 Å². The number of aromatic amines is 1. The van der Waals surface area contributed by atoms with Gasteiger partial charge in [-0.05, 0) is 18.1 Å². The molecule has 86 valence electrons. The van der Waals surface area contributed by atoms with Crippen LogP contribution in [0.2, 0.25) is 0 Å². The Hall–Kier alpha value is -1.90. The molecule has 17 heavy (non-hydrogen) atoms. The van der Waals surface area contributed by atoms with Gasteiger partial charge >= 0.3 is 0 Å². The standard InChI is InChI=1S/C14H13NO2/c16-12-6-3-7-13(17)14(12)10-8-15-11-5-2-1-4-9(10)11/h1-2,4-5,8,14-15H,3,6-7H2. The summed E-state index contributed by atoms with van der Waals surface area (Å²) in [6.07, 6.45) is 3.55. The normalized spacial score (nSPS) is 17.9. The summed E-state index contributed by atoms with van der Waals surface area (Å²) in [5.41, 5.74) is 1.82. The van der Waals surface area contributed by atoms with Crippen LogP contribution in [-0.4, -0.2) is 16.6 Å². The Morgan fingerprint density at radius 3 is 2.53 bits per heavy atom. The van der Waals surface area contributed by atoms with Crippen molar-refractivity contribution in [1.29, 1.82) is 0 Å². The third kappa shape index (κ3) is 1.58. The summed E-state index contributed by atoms with van der Waals surface area (Å²) in [4.78, 5) is 26.9. The highest BCUT2D eigenvalue weighted by atomic mass is 16.2. The second kappa shape index (κ2) is 3.84. The zero-order valence-corrected chi connectivity index (χ0v) is 9.40. The maximum Gasteiger partial charge on any atom is 0.147 e. The van der Waals surface area contributed by atoms with Crippen molar-refractivity contribution in [2.75, 3.05) is 0 Å². The predicted octanol–water partition coefficient (Wildman–Crippen LogP) is 2.57. The van der Waals surface area contributed by atoms with Gasteiger partial charge in [0.1, 0.15) is 17.5 Å². The van der Waals surface area contributed by atoms with Crippen molar-refractivity contribution in [2.24, 2.45) is 0 Å². The number of para-hydroxylation sites is 1. The summed E-state index contributed by atoms with van der Waals surface area (Å²) < 4.78 is 0. The van der Waals surface area contributed by atoms with E-state index in [1.165, 1.54) is 0 Å². The molecule has 1 aliphatic carbocycles. The highest BCUT2D eigenvalue weighted by Gasteiger charge is 2.32. The first-order chi connectivity index (χ1) is 8.27. The van der Waals surface area contributed by atoms with Crippen LogP contribution in [0.4, 0.5) is 0 Å². The molecule has 3 heteroatoms. The van der Waals surface area contributed by atoms with Gasteiger partial charge in [-0.15, -0.1) is 0 Å². The van der Waals surface area contributed by atoms with E-state index < -0.39 is 5.92 Å². The highest BCUT2D eigenvalue weighted by Crippen LogP contribution is 2.31. The molecule has 0 radical (unpaired) electrons. The number of hydrogen-bond acceptors (Lipinski definition) is 2. The quantitative estimate of drug-likeness (QED) is 0.761. The minimum Gasteiger partial charge on any atom is -0.361 e. The van der Waals surface area contributed by atoms with E-state index >= 15 is 0 Å². The number of ketones is 2. The molecule has 1 aliphatic rings. The number of Topliss-reactive ketones (excluding diaryl/α,β-unsaturated/α-hetero) is 2. The van der Waals surface area contributed by atoms with E-state index in [4.69, 9.17) is 0 Å². The number of benzene rings is 1. The molecule has 1 aromatic heterocycles. The molecule has 2 aromatic rings. The van der Waals surface area contributed by atoms with Crippen LogP contribution in [-0.2, 0) is 9.59 Å². The van der Waals surface area contributed by atoms with E-state index in [9.17, 15) is 9.59 Å². The Bertz CT molecular complexity index is 581. The van der Waals surface area contributed by atoms with Crippen molar-refractivity contribution in [1.82, 2.24) is 4.98 Å². The van der Waals surface area contributed by atoms with E-state index in [1.54, 1.807) is 6.20 Å². The summed E-state index contributed by atoms with van der Waals surface area (Å²) in [6, 6.07) is 7.78. The van der Waals surface area contributed by atoms with Crippen molar-refractivity contribution in [2.45, 2.75) is 25.2 Å². The number of rotatable bonds is 1. The maximum atomic E-state index is 11.9. The van der Waals surface area contributed by atoms with E-state index in [-0.39, 0.29) is 11.6 Å². The van der Waals surface area contributed by atoms with Gasteiger partial charge in [-0.2, -0.15) is 0 Å². The lowest BCUT2D eigenvalue weighted by atomic mass is 9.82. The molecule has 0 amide bonds. The number of nitrogens with one attached hydrogen (secondary N) is 1. The van der Waals surface area contributed by atoms with Crippen LogP contribution in [0.25, 0.3) is 10.9 Å². The molecule has 3 nitrogen and oxygen atoms in total. The van der Waals surface area contributed by atoms with Gasteiger partial charge in [0.25, 0.3) is 0 Å². The Morgan fingerprint density at radius 1 is 1.06 bits per heavy atom. The van der Waals surface area contributed by atoms with Gasteiger partial charge < -0.3 is 4.98 Å². The lowest BCUT2D eigenvalue weighted by molar-refractivity contribution is -0.131. The molecule has 0 aliphatic heterocycles. The summed E-state index contributed by atoms with van der Waals surface area (Å²) in [6.45, 7) is 0. The van der Waals surface area contributed by atoms with E-state index in [1.807, 2.05) is 24.3 Å². The molecule has 0 bridgehead atoms. The van der Waals surface area contributed by atoms with Crippen molar-refractivity contribution < 1.29 is 9.59 Å². The average Bonchev–Trinajstić information content (AvgIpc) is 2.73. The van der Waals surface area contributed by atoms with Gasteiger partial charge in [-0.3, -0.25) is 9.59 Å². The van der Waals surface area contributed by atoms with Crippen LogP contribution >= 0.6 is 0 Å². The van der Waals surface area contributed by atoms with Gasteiger partial charge in [0.05, 0.1) is 0 Å². The summed E-state index contributed by atoms with van der Waals surface area (Å²) in [7, 11) is 0. The second-order valence-corrected chi connectivity index (χ2v) is 4.51. The van der Waals surface area contributed by atoms with Crippen LogP contribution in [0, 0.1) is 0 Å². The van der Waals surface area contributed by atoms with Crippen molar-refractivity contribution in [3.8, 4) is 0 Å². The molecule has 1 N–H and O–H groups in total. The second-order valence-electron chi connectivity index (χ2n) is 4.51. The van der Waals surface area contributed by atoms with E-state index in [0.717, 1.165) is 16.5 Å². The van der Waals surface area contributed by atoms with Gasteiger partial charge in [-0.1, -0.05) is 18.2 Å². The number of hydrogen-bond donors (Lipinski definition) is 1. The van der Waals surface area contributed by atoms with Crippen LogP contribution in [0.5, 0.6) is 0 Å². The summed E-state index contributed by atoms with van der Waals surface area (Å²) in [5.74, 6) is -0.420. The fraction of sp³-hybridized carbons (Fsp3) is 0.286. The maximum absolute atomic E-state index is 11.9. The molecule has 1 fully saturated rings. The number of carbonyl (C=O) groups is 2. The van der Waals surface area contributed by atoms with E-state index in [2.05, 4.69) is 4.98 Å². The smallest absolute Gasteiger partial charge is 0.147 e. The topological polar surface area (TPSA) is 49.9 Å². The van der Waals surface area contributed by atoms with Crippen molar-refractivity contribution in [3.05, 3.63) is 36.0 Å². The molecular formula is C14H13NO2. The molecule has 1 saturated carbocycles. The summed E-state index contributed by atoms with van der Waals surface area (Å²) in [5, 5.41) is 0.987. The fourth-order valence-electron chi connectivity index (χ4n) is 2.58. The van der Waals surface area contributed by atoms with Gasteiger partial charge in [-0.25, -0.2) is 0 Å². The fourth-order valence-corrected chi connectivity index (χ4v) is 2.58. The molecule has 1 heterocycles. The van der Waals surface area contributed by atoms with Gasteiger partial charge in [0, 0.05) is 29.9 Å². The van der Waals surface area contributed by atoms with Crippen LogP contribution in [0.15, 0.2) is 30.5 Å². The lowest BCUT2D eigenvalue weighted by Gasteiger charge is -2.18. The Balaban J connectivity index is 2.14. The predicted molar refractivity (Wildman–Crippen MR) is 64.9 cm³/mol. The number of carbonyl (C=O) groups excluding carboxylic acids is 2. The SMILES string of the molecule is O=C1CCCC(=O)C1c1c[nH]c2ccccc12. The van der Waals surface area contributed by atoms with E-state index in [0.29, 0.717) is 19.3 Å². The number of H-pyrrole nitrogens is 1. The third-order valence-corrected chi connectivity index (χ3v) is 3.42. The average molecular weight is 227 g/mol. The van der Waals surface area contributed by atoms with Gasteiger partial charge in [0.15, 0.2) is 0 Å². The molecule has 3 rings (SSSR count).